The van der Waals surface area contributed by atoms with Gasteiger partial charge in [0, 0.05) is 12.6 Å². The largest absolute Gasteiger partial charge is 0.490 e. The van der Waals surface area contributed by atoms with Crippen LogP contribution in [0.4, 0.5) is 15.8 Å². The highest BCUT2D eigenvalue weighted by Gasteiger charge is 2.19. The molecule has 7 heteroatoms. The number of methoxy groups -OCH3 is 1. The lowest BCUT2D eigenvalue weighted by Gasteiger charge is -2.15. The highest BCUT2D eigenvalue weighted by molar-refractivity contribution is 5.59. The maximum Gasteiger partial charge on any atom is 0.313 e. The molecule has 6 nitrogen and oxygen atoms in total. The normalized spacial score (nSPS) is 15.1. The molecule has 1 aliphatic heterocycles. The maximum absolute atomic E-state index is 13.8. The van der Waals surface area contributed by atoms with Gasteiger partial charge < -0.3 is 15.0 Å². The summed E-state index contributed by atoms with van der Waals surface area (Å²) in [5.74, 6) is -0.577. The minimum absolute atomic E-state index is 0.0587. The van der Waals surface area contributed by atoms with Gasteiger partial charge in [0.15, 0.2) is 11.6 Å². The van der Waals surface area contributed by atoms with E-state index in [0.717, 1.165) is 32.1 Å². The van der Waals surface area contributed by atoms with Crippen molar-refractivity contribution in [3.05, 3.63) is 28.1 Å². The van der Waals surface area contributed by atoms with Gasteiger partial charge in [0.1, 0.15) is 0 Å². The molecule has 0 aromatic heterocycles. The predicted octanol–water partition coefficient (Wildman–Crippen LogP) is 2.64. The van der Waals surface area contributed by atoms with E-state index in [1.54, 1.807) is 0 Å². The highest BCUT2D eigenvalue weighted by atomic mass is 19.1. The molecule has 2 rings (SSSR count). The summed E-state index contributed by atoms with van der Waals surface area (Å²) in [6, 6.07) is 2.23. The van der Waals surface area contributed by atoms with Gasteiger partial charge in [0.05, 0.1) is 23.8 Å². The van der Waals surface area contributed by atoms with Crippen LogP contribution in [0, 0.1) is 15.9 Å². The molecule has 0 atom stereocenters. The molecule has 0 amide bonds. The Balaban J connectivity index is 1.91. The van der Waals surface area contributed by atoms with Crippen LogP contribution >= 0.6 is 0 Å². The minimum Gasteiger partial charge on any atom is -0.490 e. The molecule has 0 unspecified atom stereocenters. The molecule has 1 aromatic carbocycles. The fourth-order valence-corrected chi connectivity index (χ4v) is 2.52. The topological polar surface area (TPSA) is 67.6 Å². The zero-order chi connectivity index (χ0) is 15.2. The second kappa shape index (κ2) is 7.21. The van der Waals surface area contributed by atoms with Crippen molar-refractivity contribution < 1.29 is 14.1 Å². The Morgan fingerprint density at radius 2 is 2.14 bits per heavy atom. The molecule has 0 saturated carbocycles. The van der Waals surface area contributed by atoms with Crippen LogP contribution in [-0.4, -0.2) is 43.1 Å². The van der Waals surface area contributed by atoms with E-state index in [-0.39, 0.29) is 17.1 Å². The van der Waals surface area contributed by atoms with Crippen LogP contribution in [0.2, 0.25) is 0 Å². The first-order valence-corrected chi connectivity index (χ1v) is 7.10. The fraction of sp³-hybridized carbons (Fsp3) is 0.571. The van der Waals surface area contributed by atoms with Crippen molar-refractivity contribution in [3.63, 3.8) is 0 Å². The molecule has 0 spiro atoms. The first-order valence-electron chi connectivity index (χ1n) is 7.10. The second-order valence-corrected chi connectivity index (χ2v) is 5.09. The Kier molecular flexibility index (Phi) is 5.32. The van der Waals surface area contributed by atoms with E-state index in [1.165, 1.54) is 26.0 Å². The van der Waals surface area contributed by atoms with Crippen LogP contribution < -0.4 is 10.1 Å². The highest BCUT2D eigenvalue weighted by Crippen LogP contribution is 2.32. The monoisotopic (exact) mass is 297 g/mol. The van der Waals surface area contributed by atoms with E-state index in [1.807, 2.05) is 0 Å². The van der Waals surface area contributed by atoms with Gasteiger partial charge in [-0.15, -0.1) is 0 Å². The van der Waals surface area contributed by atoms with E-state index in [4.69, 9.17) is 4.74 Å². The van der Waals surface area contributed by atoms with Crippen LogP contribution in [0.1, 0.15) is 19.3 Å². The molecular weight excluding hydrogens is 277 g/mol. The average molecular weight is 297 g/mol. The first-order chi connectivity index (χ1) is 10.1. The summed E-state index contributed by atoms with van der Waals surface area (Å²) >= 11 is 0. The van der Waals surface area contributed by atoms with E-state index in [9.17, 15) is 14.5 Å². The standard InChI is InChI=1S/C14H20FN3O3/c1-21-14-10-12(11(15)9-13(14)18(19)20)16-5-4-8-17-6-2-3-7-17/h9-10,16H,2-8H2,1H3. The molecule has 0 bridgehead atoms. The summed E-state index contributed by atoms with van der Waals surface area (Å²) < 4.78 is 18.8. The smallest absolute Gasteiger partial charge is 0.313 e. The number of anilines is 1. The SMILES string of the molecule is COc1cc(NCCCN2CCCC2)c(F)cc1[N+](=O)[O-]. The Bertz CT molecular complexity index is 504. The number of benzene rings is 1. The average Bonchev–Trinajstić information content (AvgIpc) is 2.97. The van der Waals surface area contributed by atoms with Crippen LogP contribution in [0.15, 0.2) is 12.1 Å². The summed E-state index contributed by atoms with van der Waals surface area (Å²) in [6.07, 6.45) is 3.40. The lowest BCUT2D eigenvalue weighted by Crippen LogP contribution is -2.22. The Morgan fingerprint density at radius 1 is 1.43 bits per heavy atom. The molecule has 0 radical (unpaired) electrons. The number of nitrogens with one attached hydrogen (secondary N) is 1. The van der Waals surface area contributed by atoms with Gasteiger partial charge in [0.25, 0.3) is 0 Å². The van der Waals surface area contributed by atoms with Gasteiger partial charge in [-0.2, -0.15) is 0 Å². The molecule has 0 aliphatic carbocycles. The van der Waals surface area contributed by atoms with Crippen molar-refractivity contribution in [2.45, 2.75) is 19.3 Å². The third-order valence-electron chi connectivity index (χ3n) is 3.63. The summed E-state index contributed by atoms with van der Waals surface area (Å²) in [6.45, 7) is 3.88. The van der Waals surface area contributed by atoms with Crippen molar-refractivity contribution in [3.8, 4) is 5.75 Å². The molecule has 1 saturated heterocycles. The van der Waals surface area contributed by atoms with Crippen LogP contribution in [0.5, 0.6) is 5.75 Å². The van der Waals surface area contributed by atoms with Gasteiger partial charge in [-0.25, -0.2) is 4.39 Å². The molecule has 1 N–H and O–H groups in total. The lowest BCUT2D eigenvalue weighted by atomic mass is 10.2. The summed E-state index contributed by atoms with van der Waals surface area (Å²) in [5, 5.41) is 13.8. The van der Waals surface area contributed by atoms with Crippen LogP contribution in [0.3, 0.4) is 0 Å². The van der Waals surface area contributed by atoms with Gasteiger partial charge in [-0.3, -0.25) is 10.1 Å². The number of ether oxygens (including phenoxy) is 1. The minimum atomic E-state index is -0.654. The number of likely N-dealkylation sites (tertiary alicyclic amines) is 1. The number of hydrogen-bond donors (Lipinski definition) is 1. The first kappa shape index (κ1) is 15.5. The number of nitro benzene ring substituents is 1. The Hall–Kier alpha value is -1.89. The number of nitro groups is 1. The number of hydrogen-bond acceptors (Lipinski definition) is 5. The van der Waals surface area contributed by atoms with E-state index >= 15 is 0 Å². The van der Waals surface area contributed by atoms with Crippen LogP contribution in [0.25, 0.3) is 0 Å². The third kappa shape index (κ3) is 4.04. The van der Waals surface area contributed by atoms with Crippen molar-refractivity contribution >= 4 is 11.4 Å². The van der Waals surface area contributed by atoms with E-state index in [0.29, 0.717) is 6.54 Å². The van der Waals surface area contributed by atoms with E-state index in [2.05, 4.69) is 10.2 Å². The zero-order valence-corrected chi connectivity index (χ0v) is 12.1. The van der Waals surface area contributed by atoms with Gasteiger partial charge in [-0.1, -0.05) is 0 Å². The van der Waals surface area contributed by atoms with E-state index < -0.39 is 10.7 Å². The molecule has 1 aromatic rings. The number of halogens is 1. The Morgan fingerprint density at radius 3 is 2.76 bits per heavy atom. The van der Waals surface area contributed by atoms with Crippen molar-refractivity contribution in [1.82, 2.24) is 4.90 Å². The summed E-state index contributed by atoms with van der Waals surface area (Å²) in [5.41, 5.74) is -0.128. The molecule has 1 aliphatic rings. The lowest BCUT2D eigenvalue weighted by molar-refractivity contribution is -0.385. The Labute approximate surface area is 123 Å². The number of rotatable bonds is 7. The van der Waals surface area contributed by atoms with Crippen molar-refractivity contribution in [1.29, 1.82) is 0 Å². The molecule has 21 heavy (non-hydrogen) atoms. The number of nitrogens with zero attached hydrogens (tertiary/aromatic N) is 2. The fourth-order valence-electron chi connectivity index (χ4n) is 2.52. The molecule has 1 fully saturated rings. The second-order valence-electron chi connectivity index (χ2n) is 5.09. The molecule has 1 heterocycles. The van der Waals surface area contributed by atoms with Gasteiger partial charge >= 0.3 is 5.69 Å². The van der Waals surface area contributed by atoms with Crippen molar-refractivity contribution in [2.24, 2.45) is 0 Å². The van der Waals surface area contributed by atoms with Gasteiger partial charge in [-0.05, 0) is 38.9 Å². The molecular formula is C14H20FN3O3. The van der Waals surface area contributed by atoms with Crippen molar-refractivity contribution in [2.75, 3.05) is 38.6 Å². The van der Waals surface area contributed by atoms with Crippen LogP contribution in [-0.2, 0) is 0 Å². The maximum atomic E-state index is 13.8. The van der Waals surface area contributed by atoms with Gasteiger partial charge in [0.2, 0.25) is 0 Å². The quantitative estimate of drug-likeness (QED) is 0.476. The zero-order valence-electron chi connectivity index (χ0n) is 12.1. The molecule has 116 valence electrons. The third-order valence-corrected chi connectivity index (χ3v) is 3.63. The summed E-state index contributed by atoms with van der Waals surface area (Å²) in [4.78, 5) is 12.5. The predicted molar refractivity (Wildman–Crippen MR) is 78.4 cm³/mol. The summed E-state index contributed by atoms with van der Waals surface area (Å²) in [7, 11) is 1.33.